The van der Waals surface area contributed by atoms with Crippen LogP contribution in [0.3, 0.4) is 0 Å². The first-order chi connectivity index (χ1) is 19.4. The van der Waals surface area contributed by atoms with Crippen molar-refractivity contribution in [2.45, 2.75) is 25.7 Å². The fraction of sp³-hybridized carbons (Fsp3) is 0.323. The molecule has 3 heterocycles. The standard InChI is InChI=1S/C31H36N8O/c1-35(19-29-32-23-11-5-8-14-26(23)36(29)2)17-22(40)18-39(20-30-33-24-12-6-9-15-27(24)37(30)3)21-31-34-25-13-7-10-16-28(25)38(31)4/h5-16,22,40H,17-21H2,1-4H3. The van der Waals surface area contributed by atoms with Crippen LogP contribution in [0.4, 0.5) is 0 Å². The van der Waals surface area contributed by atoms with Crippen molar-refractivity contribution in [2.75, 3.05) is 20.1 Å². The lowest BCUT2D eigenvalue weighted by molar-refractivity contribution is 0.0706. The van der Waals surface area contributed by atoms with Gasteiger partial charge < -0.3 is 18.8 Å². The molecule has 0 saturated heterocycles. The van der Waals surface area contributed by atoms with Gasteiger partial charge in [0.1, 0.15) is 17.5 Å². The van der Waals surface area contributed by atoms with Crippen LogP contribution in [-0.4, -0.2) is 69.8 Å². The predicted octanol–water partition coefficient (Wildman–Crippen LogP) is 3.84. The van der Waals surface area contributed by atoms with E-state index in [2.05, 4.69) is 55.8 Å². The predicted molar refractivity (Wildman–Crippen MR) is 159 cm³/mol. The van der Waals surface area contributed by atoms with Gasteiger partial charge in [-0.25, -0.2) is 15.0 Å². The van der Waals surface area contributed by atoms with Gasteiger partial charge in [-0.3, -0.25) is 9.80 Å². The third kappa shape index (κ3) is 5.11. The zero-order valence-electron chi connectivity index (χ0n) is 23.6. The molecule has 9 heteroatoms. The molecule has 3 aromatic carbocycles. The van der Waals surface area contributed by atoms with E-state index >= 15 is 0 Å². The van der Waals surface area contributed by atoms with Crippen molar-refractivity contribution in [1.82, 2.24) is 38.5 Å². The lowest BCUT2D eigenvalue weighted by atomic mass is 10.2. The summed E-state index contributed by atoms with van der Waals surface area (Å²) in [7, 11) is 8.19. The number of aromatic nitrogens is 6. The second-order valence-electron chi connectivity index (χ2n) is 10.7. The fourth-order valence-electron chi connectivity index (χ4n) is 5.62. The highest BCUT2D eigenvalue weighted by molar-refractivity contribution is 5.77. The Kier molecular flexibility index (Phi) is 7.10. The van der Waals surface area contributed by atoms with Crippen molar-refractivity contribution in [2.24, 2.45) is 21.1 Å². The largest absolute Gasteiger partial charge is 0.390 e. The van der Waals surface area contributed by atoms with Gasteiger partial charge >= 0.3 is 0 Å². The van der Waals surface area contributed by atoms with Crippen molar-refractivity contribution >= 4 is 33.1 Å². The van der Waals surface area contributed by atoms with E-state index in [0.717, 1.165) is 50.6 Å². The molecule has 0 fully saturated rings. The molecule has 6 aromatic rings. The van der Waals surface area contributed by atoms with Crippen molar-refractivity contribution in [3.63, 3.8) is 0 Å². The van der Waals surface area contributed by atoms with Crippen LogP contribution in [0, 0.1) is 0 Å². The molecule has 0 amide bonds. The van der Waals surface area contributed by atoms with Gasteiger partial charge in [0.05, 0.1) is 58.8 Å². The van der Waals surface area contributed by atoms with Crippen LogP contribution in [0.25, 0.3) is 33.1 Å². The summed E-state index contributed by atoms with van der Waals surface area (Å²) in [6.07, 6.45) is -0.566. The number of likely N-dealkylation sites (N-methyl/N-ethyl adjacent to an activating group) is 1. The average Bonchev–Trinajstić information content (AvgIpc) is 3.55. The molecule has 0 aliphatic rings. The molecular formula is C31H36N8O. The Morgan fingerprint density at radius 3 is 1.38 bits per heavy atom. The number of benzene rings is 3. The van der Waals surface area contributed by atoms with E-state index in [-0.39, 0.29) is 0 Å². The second kappa shape index (κ2) is 10.8. The Morgan fingerprint density at radius 2 is 0.975 bits per heavy atom. The van der Waals surface area contributed by atoms with Gasteiger partial charge in [0.15, 0.2) is 0 Å². The summed E-state index contributed by atoms with van der Waals surface area (Å²) in [5, 5.41) is 11.3. The van der Waals surface area contributed by atoms with Crippen LogP contribution >= 0.6 is 0 Å². The number of fused-ring (bicyclic) bond motifs is 3. The number of para-hydroxylation sites is 6. The summed E-state index contributed by atoms with van der Waals surface area (Å²) in [5.41, 5.74) is 6.26. The summed E-state index contributed by atoms with van der Waals surface area (Å²) in [4.78, 5) is 19.0. The fourth-order valence-corrected chi connectivity index (χ4v) is 5.62. The van der Waals surface area contributed by atoms with E-state index in [9.17, 15) is 5.11 Å². The number of aryl methyl sites for hydroxylation is 3. The molecule has 0 aliphatic heterocycles. The lowest BCUT2D eigenvalue weighted by Crippen LogP contribution is -2.39. The number of aliphatic hydroxyl groups excluding tert-OH is 1. The zero-order chi connectivity index (χ0) is 27.8. The highest BCUT2D eigenvalue weighted by Gasteiger charge is 2.21. The maximum atomic E-state index is 11.3. The van der Waals surface area contributed by atoms with Gasteiger partial charge in [0.25, 0.3) is 0 Å². The Labute approximate surface area is 233 Å². The lowest BCUT2D eigenvalue weighted by Gasteiger charge is -2.27. The van der Waals surface area contributed by atoms with Crippen molar-refractivity contribution in [3.8, 4) is 0 Å². The Hall–Kier alpha value is -4.05. The molecule has 0 spiro atoms. The molecule has 0 bridgehead atoms. The number of aliphatic hydroxyl groups is 1. The maximum Gasteiger partial charge on any atom is 0.123 e. The first-order valence-electron chi connectivity index (χ1n) is 13.7. The topological polar surface area (TPSA) is 80.2 Å². The molecule has 3 aromatic heterocycles. The van der Waals surface area contributed by atoms with Gasteiger partial charge in [0, 0.05) is 34.2 Å². The maximum absolute atomic E-state index is 11.3. The molecule has 9 nitrogen and oxygen atoms in total. The molecule has 6 rings (SSSR count). The normalized spacial score (nSPS) is 13.0. The van der Waals surface area contributed by atoms with Crippen LogP contribution in [0.5, 0.6) is 0 Å². The molecule has 40 heavy (non-hydrogen) atoms. The highest BCUT2D eigenvalue weighted by atomic mass is 16.3. The van der Waals surface area contributed by atoms with Crippen molar-refractivity contribution in [3.05, 3.63) is 90.3 Å². The van der Waals surface area contributed by atoms with Gasteiger partial charge in [-0.15, -0.1) is 0 Å². The summed E-state index contributed by atoms with van der Waals surface area (Å²) >= 11 is 0. The smallest absolute Gasteiger partial charge is 0.123 e. The number of nitrogens with zero attached hydrogens (tertiary/aromatic N) is 8. The van der Waals surface area contributed by atoms with Crippen LogP contribution < -0.4 is 0 Å². The first-order valence-corrected chi connectivity index (χ1v) is 13.7. The van der Waals surface area contributed by atoms with Gasteiger partial charge in [-0.1, -0.05) is 36.4 Å². The van der Waals surface area contributed by atoms with Crippen LogP contribution in [-0.2, 0) is 40.8 Å². The van der Waals surface area contributed by atoms with Gasteiger partial charge in [0.2, 0.25) is 0 Å². The molecule has 206 valence electrons. The van der Waals surface area contributed by atoms with Crippen LogP contribution in [0.1, 0.15) is 17.5 Å². The summed E-state index contributed by atoms with van der Waals surface area (Å²) in [6, 6.07) is 24.5. The minimum Gasteiger partial charge on any atom is -0.390 e. The monoisotopic (exact) mass is 536 g/mol. The minimum absolute atomic E-state index is 0.485. The summed E-state index contributed by atoms with van der Waals surface area (Å²) < 4.78 is 6.41. The van der Waals surface area contributed by atoms with Gasteiger partial charge in [-0.05, 0) is 43.4 Å². The molecular weight excluding hydrogens is 500 g/mol. The van der Waals surface area contributed by atoms with Crippen LogP contribution in [0.2, 0.25) is 0 Å². The van der Waals surface area contributed by atoms with E-state index in [1.807, 2.05) is 68.7 Å². The Bertz CT molecular complexity index is 1700. The van der Waals surface area contributed by atoms with E-state index in [0.29, 0.717) is 32.7 Å². The number of hydrogen-bond donors (Lipinski definition) is 1. The molecule has 1 unspecified atom stereocenters. The Morgan fingerprint density at radius 1 is 0.600 bits per heavy atom. The highest BCUT2D eigenvalue weighted by Crippen LogP contribution is 2.20. The van der Waals surface area contributed by atoms with E-state index in [1.54, 1.807) is 0 Å². The Balaban J connectivity index is 1.21. The third-order valence-electron chi connectivity index (χ3n) is 7.77. The number of rotatable bonds is 10. The first kappa shape index (κ1) is 26.2. The molecule has 0 saturated carbocycles. The minimum atomic E-state index is -0.566. The SMILES string of the molecule is CN(Cc1nc2ccccc2n1C)CC(O)CN(Cc1nc2ccccc2n1C)Cc1nc2ccccc2n1C. The van der Waals surface area contributed by atoms with E-state index in [4.69, 9.17) is 15.0 Å². The zero-order valence-corrected chi connectivity index (χ0v) is 23.6. The van der Waals surface area contributed by atoms with Crippen molar-refractivity contribution in [1.29, 1.82) is 0 Å². The number of hydrogen-bond acceptors (Lipinski definition) is 6. The quantitative estimate of drug-likeness (QED) is 0.287. The molecule has 0 radical (unpaired) electrons. The number of imidazole rings is 3. The van der Waals surface area contributed by atoms with E-state index < -0.39 is 6.10 Å². The third-order valence-corrected chi connectivity index (χ3v) is 7.77. The molecule has 1 atom stereocenters. The van der Waals surface area contributed by atoms with Crippen molar-refractivity contribution < 1.29 is 5.11 Å². The molecule has 0 aliphatic carbocycles. The summed E-state index contributed by atoms with van der Waals surface area (Å²) in [5.74, 6) is 2.90. The molecule has 1 N–H and O–H groups in total. The van der Waals surface area contributed by atoms with Gasteiger partial charge in [-0.2, -0.15) is 0 Å². The van der Waals surface area contributed by atoms with E-state index in [1.165, 1.54) is 0 Å². The summed E-state index contributed by atoms with van der Waals surface area (Å²) in [6.45, 7) is 2.85. The second-order valence-corrected chi connectivity index (χ2v) is 10.7. The van der Waals surface area contributed by atoms with Crippen LogP contribution in [0.15, 0.2) is 72.8 Å². The average molecular weight is 537 g/mol.